The fraction of sp³-hybridized carbons (Fsp3) is 0.652. The molecule has 2 amide bonds. The van der Waals surface area contributed by atoms with Crippen molar-refractivity contribution in [3.05, 3.63) is 29.3 Å². The van der Waals surface area contributed by atoms with E-state index in [9.17, 15) is 9.59 Å². The van der Waals surface area contributed by atoms with Crippen LogP contribution in [0.1, 0.15) is 43.7 Å². The highest BCUT2D eigenvalue weighted by molar-refractivity contribution is 5.92. The number of benzene rings is 1. The molecule has 0 unspecified atom stereocenters. The highest BCUT2D eigenvalue weighted by Gasteiger charge is 2.27. The third-order valence-corrected chi connectivity index (χ3v) is 6.75. The Morgan fingerprint density at radius 3 is 2.14 bits per heavy atom. The zero-order valence-electron chi connectivity index (χ0n) is 18.3. The van der Waals surface area contributed by atoms with Crippen LogP contribution in [0, 0.1) is 19.8 Å². The number of aryl methyl sites for hydroxylation is 1. The first kappa shape index (κ1) is 21.8. The fourth-order valence-electron chi connectivity index (χ4n) is 4.53. The summed E-state index contributed by atoms with van der Waals surface area (Å²) in [5.74, 6) is 1.06. The number of hydrogen-bond donors (Lipinski definition) is 4. The Hall–Kier alpha value is -1.92. The summed E-state index contributed by atoms with van der Waals surface area (Å²) in [4.78, 5) is 27.5. The molecule has 1 saturated carbocycles. The Bertz CT molecular complexity index is 705. The van der Waals surface area contributed by atoms with Gasteiger partial charge in [-0.25, -0.2) is 0 Å². The van der Waals surface area contributed by atoms with Crippen LogP contribution in [0.25, 0.3) is 0 Å². The molecule has 0 aromatic heterocycles. The van der Waals surface area contributed by atoms with Crippen LogP contribution in [0.4, 0.5) is 5.69 Å². The highest BCUT2D eigenvalue weighted by Crippen LogP contribution is 2.23. The number of anilines is 1. The van der Waals surface area contributed by atoms with Crippen LogP contribution in [0.5, 0.6) is 0 Å². The Morgan fingerprint density at radius 1 is 0.931 bits per heavy atom. The van der Waals surface area contributed by atoms with Crippen molar-refractivity contribution in [2.45, 2.75) is 52.5 Å². The Morgan fingerprint density at radius 2 is 1.52 bits per heavy atom. The molecule has 1 saturated heterocycles. The van der Waals surface area contributed by atoms with Gasteiger partial charge in [-0.3, -0.25) is 9.59 Å². The van der Waals surface area contributed by atoms with E-state index in [0.717, 1.165) is 56.2 Å². The standard InChI is InChI=1S/C23H36N4O2/c1-17-7-9-20(10-8-17)24-22(28)15-26-11-13-27(14-12-26)16-23(29)25-21-6-4-5-18(2)19(21)3/h4-6,17,20H,7-16H2,1-3H3,(H,24,28)(H,25,29)/p+2. The molecule has 0 spiro atoms. The van der Waals surface area contributed by atoms with E-state index < -0.39 is 0 Å². The molecule has 1 aliphatic heterocycles. The lowest BCUT2D eigenvalue weighted by molar-refractivity contribution is -1.00. The van der Waals surface area contributed by atoms with Crippen molar-refractivity contribution >= 4 is 17.5 Å². The van der Waals surface area contributed by atoms with Crippen LogP contribution in [-0.4, -0.2) is 57.1 Å². The number of carbonyl (C=O) groups excluding carboxylic acids is 2. The van der Waals surface area contributed by atoms with Crippen LogP contribution < -0.4 is 20.4 Å². The number of piperazine rings is 1. The van der Waals surface area contributed by atoms with E-state index in [1.165, 1.54) is 28.2 Å². The normalized spacial score (nSPS) is 27.3. The minimum atomic E-state index is 0.0708. The quantitative estimate of drug-likeness (QED) is 0.529. The third-order valence-electron chi connectivity index (χ3n) is 6.75. The van der Waals surface area contributed by atoms with Gasteiger partial charge in [0.05, 0.1) is 0 Å². The molecular weight excluding hydrogens is 364 g/mol. The molecule has 2 fully saturated rings. The van der Waals surface area contributed by atoms with E-state index >= 15 is 0 Å². The monoisotopic (exact) mass is 402 g/mol. The molecule has 0 bridgehead atoms. The van der Waals surface area contributed by atoms with Crippen molar-refractivity contribution in [3.8, 4) is 0 Å². The Labute approximate surface area is 175 Å². The highest BCUT2D eigenvalue weighted by atomic mass is 16.2. The van der Waals surface area contributed by atoms with Gasteiger partial charge in [0.1, 0.15) is 26.2 Å². The van der Waals surface area contributed by atoms with Crippen LogP contribution >= 0.6 is 0 Å². The molecule has 1 aromatic carbocycles. The van der Waals surface area contributed by atoms with Gasteiger partial charge in [-0.05, 0) is 62.6 Å². The first-order valence-electron chi connectivity index (χ1n) is 11.2. The molecule has 0 radical (unpaired) electrons. The molecule has 0 atom stereocenters. The average molecular weight is 403 g/mol. The second kappa shape index (κ2) is 10.2. The number of amides is 2. The van der Waals surface area contributed by atoms with Crippen LogP contribution in [0.15, 0.2) is 18.2 Å². The molecule has 6 nitrogen and oxygen atoms in total. The van der Waals surface area contributed by atoms with Crippen molar-refractivity contribution in [2.24, 2.45) is 5.92 Å². The molecule has 6 heteroatoms. The maximum Gasteiger partial charge on any atom is 0.279 e. The summed E-state index contributed by atoms with van der Waals surface area (Å²) in [5, 5.41) is 6.30. The lowest BCUT2D eigenvalue weighted by Crippen LogP contribution is -3.28. The Kier molecular flexibility index (Phi) is 7.67. The fourth-order valence-corrected chi connectivity index (χ4v) is 4.53. The first-order chi connectivity index (χ1) is 13.9. The van der Waals surface area contributed by atoms with Gasteiger partial charge in [0.15, 0.2) is 13.1 Å². The lowest BCUT2D eigenvalue weighted by Gasteiger charge is -2.30. The SMILES string of the molecule is Cc1cccc(NC(=O)C[NH+]2CC[NH+](CC(=O)NC3CCC(C)CC3)CC2)c1C. The molecule has 3 rings (SSSR count). The average Bonchev–Trinajstić information content (AvgIpc) is 2.69. The molecule has 1 aliphatic carbocycles. The van der Waals surface area contributed by atoms with Gasteiger partial charge in [-0.2, -0.15) is 0 Å². The summed E-state index contributed by atoms with van der Waals surface area (Å²) in [7, 11) is 0. The van der Waals surface area contributed by atoms with E-state index in [0.29, 0.717) is 19.1 Å². The summed E-state index contributed by atoms with van der Waals surface area (Å²) in [6.45, 7) is 11.2. The second-order valence-corrected chi connectivity index (χ2v) is 9.17. The number of quaternary nitrogens is 2. The van der Waals surface area contributed by atoms with Gasteiger partial charge in [0.25, 0.3) is 11.8 Å². The minimum absolute atomic E-state index is 0.0708. The minimum Gasteiger partial charge on any atom is -0.348 e. The summed E-state index contributed by atoms with van der Waals surface area (Å²) in [6.07, 6.45) is 4.69. The maximum absolute atomic E-state index is 12.4. The molecule has 160 valence electrons. The molecule has 1 aromatic rings. The molecule has 2 aliphatic rings. The van der Waals surface area contributed by atoms with E-state index in [1.54, 1.807) is 0 Å². The zero-order valence-corrected chi connectivity index (χ0v) is 18.3. The van der Waals surface area contributed by atoms with Crippen molar-refractivity contribution in [1.29, 1.82) is 0 Å². The third kappa shape index (κ3) is 6.54. The number of nitrogens with one attached hydrogen (secondary N) is 4. The maximum atomic E-state index is 12.4. The van der Waals surface area contributed by atoms with Crippen molar-refractivity contribution in [3.63, 3.8) is 0 Å². The predicted molar refractivity (Wildman–Crippen MR) is 115 cm³/mol. The van der Waals surface area contributed by atoms with E-state index in [2.05, 4.69) is 30.5 Å². The Balaban J connectivity index is 1.36. The first-order valence-corrected chi connectivity index (χ1v) is 11.2. The van der Waals surface area contributed by atoms with E-state index in [4.69, 9.17) is 0 Å². The number of hydrogen-bond acceptors (Lipinski definition) is 2. The van der Waals surface area contributed by atoms with Crippen LogP contribution in [-0.2, 0) is 9.59 Å². The molecular formula is C23H38N4O2+2. The van der Waals surface area contributed by atoms with Gasteiger partial charge in [0.2, 0.25) is 0 Å². The van der Waals surface area contributed by atoms with Gasteiger partial charge in [0, 0.05) is 11.7 Å². The van der Waals surface area contributed by atoms with Crippen molar-refractivity contribution in [1.82, 2.24) is 5.32 Å². The molecule has 4 N–H and O–H groups in total. The van der Waals surface area contributed by atoms with Gasteiger partial charge >= 0.3 is 0 Å². The molecule has 29 heavy (non-hydrogen) atoms. The van der Waals surface area contributed by atoms with Crippen LogP contribution in [0.3, 0.4) is 0 Å². The smallest absolute Gasteiger partial charge is 0.279 e. The molecule has 1 heterocycles. The lowest BCUT2D eigenvalue weighted by atomic mass is 9.87. The predicted octanol–water partition coefficient (Wildman–Crippen LogP) is -0.280. The number of rotatable bonds is 6. The summed E-state index contributed by atoms with van der Waals surface area (Å²) in [6, 6.07) is 6.37. The van der Waals surface area contributed by atoms with Gasteiger partial charge < -0.3 is 20.4 Å². The summed E-state index contributed by atoms with van der Waals surface area (Å²) in [5.41, 5.74) is 3.23. The van der Waals surface area contributed by atoms with Crippen molar-refractivity contribution < 1.29 is 19.4 Å². The van der Waals surface area contributed by atoms with Crippen LogP contribution in [0.2, 0.25) is 0 Å². The van der Waals surface area contributed by atoms with E-state index in [1.807, 2.05) is 19.1 Å². The van der Waals surface area contributed by atoms with E-state index in [-0.39, 0.29) is 11.8 Å². The number of carbonyl (C=O) groups is 2. The summed E-state index contributed by atoms with van der Waals surface area (Å²) < 4.78 is 0. The summed E-state index contributed by atoms with van der Waals surface area (Å²) >= 11 is 0. The van der Waals surface area contributed by atoms with Gasteiger partial charge in [-0.1, -0.05) is 19.1 Å². The van der Waals surface area contributed by atoms with Crippen molar-refractivity contribution in [2.75, 3.05) is 44.6 Å². The largest absolute Gasteiger partial charge is 0.348 e. The van der Waals surface area contributed by atoms with Gasteiger partial charge in [-0.15, -0.1) is 0 Å². The zero-order chi connectivity index (χ0) is 20.8. The topological polar surface area (TPSA) is 67.1 Å². The second-order valence-electron chi connectivity index (χ2n) is 9.17.